The standard InChI is InChI=1S/C12H26O2/c1-4-11(13)9-7-8-10-12(14,5-2)6-3/h11,13-14H,4-10H2,1-3H3. The highest BCUT2D eigenvalue weighted by Crippen LogP contribution is 2.22. The molecule has 1 atom stereocenters. The van der Waals surface area contributed by atoms with E-state index in [0.29, 0.717) is 0 Å². The summed E-state index contributed by atoms with van der Waals surface area (Å²) in [6.07, 6.45) is 6.15. The van der Waals surface area contributed by atoms with Crippen molar-refractivity contribution in [3.05, 3.63) is 0 Å². The Bertz CT molecular complexity index is 130. The fraction of sp³-hybridized carbons (Fsp3) is 1.00. The van der Waals surface area contributed by atoms with Crippen LogP contribution < -0.4 is 0 Å². The first-order valence-electron chi connectivity index (χ1n) is 5.98. The Morgan fingerprint density at radius 2 is 1.64 bits per heavy atom. The number of rotatable bonds is 8. The quantitative estimate of drug-likeness (QED) is 0.594. The van der Waals surface area contributed by atoms with E-state index in [0.717, 1.165) is 44.9 Å². The van der Waals surface area contributed by atoms with Crippen molar-refractivity contribution in [2.45, 2.75) is 77.4 Å². The third kappa shape index (κ3) is 5.61. The number of unbranched alkanes of at least 4 members (excludes halogenated alkanes) is 1. The Morgan fingerprint density at radius 1 is 1.07 bits per heavy atom. The van der Waals surface area contributed by atoms with E-state index in [1.165, 1.54) is 0 Å². The summed E-state index contributed by atoms with van der Waals surface area (Å²) >= 11 is 0. The summed E-state index contributed by atoms with van der Waals surface area (Å²) in [6, 6.07) is 0. The Morgan fingerprint density at radius 3 is 2.07 bits per heavy atom. The van der Waals surface area contributed by atoms with E-state index in [4.69, 9.17) is 0 Å². The van der Waals surface area contributed by atoms with E-state index < -0.39 is 5.60 Å². The fourth-order valence-corrected chi connectivity index (χ4v) is 1.64. The molecule has 0 bridgehead atoms. The molecule has 0 fully saturated rings. The topological polar surface area (TPSA) is 40.5 Å². The molecule has 2 N–H and O–H groups in total. The van der Waals surface area contributed by atoms with E-state index in [2.05, 4.69) is 0 Å². The van der Waals surface area contributed by atoms with E-state index >= 15 is 0 Å². The van der Waals surface area contributed by atoms with Gasteiger partial charge in [0.1, 0.15) is 0 Å². The molecular weight excluding hydrogens is 176 g/mol. The van der Waals surface area contributed by atoms with Gasteiger partial charge >= 0.3 is 0 Å². The lowest BCUT2D eigenvalue weighted by atomic mass is 9.90. The van der Waals surface area contributed by atoms with Gasteiger partial charge in [0.05, 0.1) is 11.7 Å². The van der Waals surface area contributed by atoms with Crippen LogP contribution in [0.2, 0.25) is 0 Å². The van der Waals surface area contributed by atoms with Crippen LogP contribution in [0.3, 0.4) is 0 Å². The van der Waals surface area contributed by atoms with Gasteiger partial charge in [0.15, 0.2) is 0 Å². The van der Waals surface area contributed by atoms with Crippen LogP contribution in [-0.2, 0) is 0 Å². The molecule has 0 aliphatic heterocycles. The number of aliphatic hydroxyl groups excluding tert-OH is 1. The van der Waals surface area contributed by atoms with Crippen molar-refractivity contribution in [2.24, 2.45) is 0 Å². The van der Waals surface area contributed by atoms with Gasteiger partial charge in [-0.1, -0.05) is 33.6 Å². The van der Waals surface area contributed by atoms with Crippen LogP contribution in [0, 0.1) is 0 Å². The molecule has 0 amide bonds. The molecule has 86 valence electrons. The second-order valence-electron chi connectivity index (χ2n) is 4.24. The first-order valence-corrected chi connectivity index (χ1v) is 5.98. The largest absolute Gasteiger partial charge is 0.393 e. The van der Waals surface area contributed by atoms with Crippen LogP contribution in [0.25, 0.3) is 0 Å². The van der Waals surface area contributed by atoms with Crippen molar-refractivity contribution in [3.8, 4) is 0 Å². The molecule has 0 spiro atoms. The zero-order valence-electron chi connectivity index (χ0n) is 9.92. The van der Waals surface area contributed by atoms with Gasteiger partial charge in [-0.15, -0.1) is 0 Å². The lowest BCUT2D eigenvalue weighted by Gasteiger charge is -2.25. The molecule has 0 aromatic heterocycles. The summed E-state index contributed by atoms with van der Waals surface area (Å²) in [5.74, 6) is 0. The van der Waals surface area contributed by atoms with Crippen LogP contribution in [0.5, 0.6) is 0 Å². The molecule has 14 heavy (non-hydrogen) atoms. The van der Waals surface area contributed by atoms with Crippen LogP contribution in [0.1, 0.15) is 65.7 Å². The normalized spacial score (nSPS) is 14.4. The molecule has 0 aromatic rings. The van der Waals surface area contributed by atoms with Gasteiger partial charge in [-0.25, -0.2) is 0 Å². The third-order valence-corrected chi connectivity index (χ3v) is 3.22. The molecule has 0 aromatic carbocycles. The Balaban J connectivity index is 3.52. The van der Waals surface area contributed by atoms with Gasteiger partial charge in [0.25, 0.3) is 0 Å². The Labute approximate surface area is 88.3 Å². The minimum absolute atomic E-state index is 0.147. The minimum atomic E-state index is -0.461. The summed E-state index contributed by atoms with van der Waals surface area (Å²) in [4.78, 5) is 0. The maximum Gasteiger partial charge on any atom is 0.0642 e. The van der Waals surface area contributed by atoms with Crippen LogP contribution in [0.15, 0.2) is 0 Å². The van der Waals surface area contributed by atoms with Gasteiger partial charge in [0, 0.05) is 0 Å². The first-order chi connectivity index (χ1) is 6.58. The predicted molar refractivity (Wildman–Crippen MR) is 60.3 cm³/mol. The van der Waals surface area contributed by atoms with Crippen LogP contribution in [-0.4, -0.2) is 21.9 Å². The molecule has 0 saturated heterocycles. The van der Waals surface area contributed by atoms with Crippen molar-refractivity contribution in [1.82, 2.24) is 0 Å². The SMILES string of the molecule is CCC(O)CCCCC(O)(CC)CC. The maximum absolute atomic E-state index is 9.99. The smallest absolute Gasteiger partial charge is 0.0642 e. The van der Waals surface area contributed by atoms with Gasteiger partial charge in [-0.05, 0) is 32.1 Å². The van der Waals surface area contributed by atoms with Gasteiger partial charge < -0.3 is 10.2 Å². The first kappa shape index (κ1) is 13.9. The molecule has 0 heterocycles. The summed E-state index contributed by atoms with van der Waals surface area (Å²) in [7, 11) is 0. The van der Waals surface area contributed by atoms with E-state index in [9.17, 15) is 10.2 Å². The highest BCUT2D eigenvalue weighted by molar-refractivity contribution is 4.74. The number of aliphatic hydroxyl groups is 2. The summed E-state index contributed by atoms with van der Waals surface area (Å²) in [5, 5.41) is 19.3. The molecule has 0 saturated carbocycles. The average molecular weight is 202 g/mol. The summed E-state index contributed by atoms with van der Waals surface area (Å²) in [5.41, 5.74) is -0.461. The van der Waals surface area contributed by atoms with Crippen molar-refractivity contribution in [3.63, 3.8) is 0 Å². The van der Waals surface area contributed by atoms with Crippen molar-refractivity contribution in [1.29, 1.82) is 0 Å². The van der Waals surface area contributed by atoms with E-state index in [1.807, 2.05) is 20.8 Å². The summed E-state index contributed by atoms with van der Waals surface area (Å²) < 4.78 is 0. The molecule has 0 aliphatic rings. The molecular formula is C12H26O2. The Kier molecular flexibility index (Phi) is 7.20. The third-order valence-electron chi connectivity index (χ3n) is 3.22. The van der Waals surface area contributed by atoms with Gasteiger partial charge in [-0.2, -0.15) is 0 Å². The Hall–Kier alpha value is -0.0800. The zero-order valence-corrected chi connectivity index (χ0v) is 9.92. The van der Waals surface area contributed by atoms with E-state index in [1.54, 1.807) is 0 Å². The zero-order chi connectivity index (χ0) is 11.0. The average Bonchev–Trinajstić information content (AvgIpc) is 2.23. The van der Waals surface area contributed by atoms with Gasteiger partial charge in [0.2, 0.25) is 0 Å². The molecule has 0 rings (SSSR count). The highest BCUT2D eigenvalue weighted by atomic mass is 16.3. The lowest BCUT2D eigenvalue weighted by molar-refractivity contribution is 0.0201. The van der Waals surface area contributed by atoms with Crippen LogP contribution >= 0.6 is 0 Å². The van der Waals surface area contributed by atoms with Crippen LogP contribution in [0.4, 0.5) is 0 Å². The van der Waals surface area contributed by atoms with E-state index in [-0.39, 0.29) is 6.10 Å². The molecule has 2 nitrogen and oxygen atoms in total. The monoisotopic (exact) mass is 202 g/mol. The van der Waals surface area contributed by atoms with Crippen molar-refractivity contribution in [2.75, 3.05) is 0 Å². The highest BCUT2D eigenvalue weighted by Gasteiger charge is 2.20. The molecule has 2 heteroatoms. The maximum atomic E-state index is 9.99. The fourth-order valence-electron chi connectivity index (χ4n) is 1.64. The number of hydrogen-bond donors (Lipinski definition) is 2. The molecule has 0 radical (unpaired) electrons. The number of hydrogen-bond acceptors (Lipinski definition) is 2. The molecule has 1 unspecified atom stereocenters. The lowest BCUT2D eigenvalue weighted by Crippen LogP contribution is -2.26. The summed E-state index contributed by atoms with van der Waals surface area (Å²) in [6.45, 7) is 6.06. The second kappa shape index (κ2) is 7.24. The predicted octanol–water partition coefficient (Wildman–Crippen LogP) is 2.87. The second-order valence-corrected chi connectivity index (χ2v) is 4.24. The minimum Gasteiger partial charge on any atom is -0.393 e. The van der Waals surface area contributed by atoms with Gasteiger partial charge in [-0.3, -0.25) is 0 Å². The van der Waals surface area contributed by atoms with Crippen molar-refractivity contribution < 1.29 is 10.2 Å². The van der Waals surface area contributed by atoms with Crippen molar-refractivity contribution >= 4 is 0 Å². The molecule has 0 aliphatic carbocycles.